The third-order valence-corrected chi connectivity index (χ3v) is 3.85. The average Bonchev–Trinajstić information content (AvgIpc) is 2.56. The Bertz CT molecular complexity index is 475. The first-order valence-corrected chi connectivity index (χ1v) is 7.41. The van der Waals surface area contributed by atoms with Crippen LogP contribution in [-0.2, 0) is 4.79 Å². The third kappa shape index (κ3) is 2.96. The van der Waals surface area contributed by atoms with Crippen molar-refractivity contribution in [3.63, 3.8) is 0 Å². The lowest BCUT2D eigenvalue weighted by Crippen LogP contribution is -2.45. The Balaban J connectivity index is 2.35. The second-order valence-electron chi connectivity index (χ2n) is 5.82. The summed E-state index contributed by atoms with van der Waals surface area (Å²) in [5.41, 5.74) is 8.13. The number of anilines is 2. The molecule has 1 aliphatic heterocycles. The van der Waals surface area contributed by atoms with Crippen LogP contribution in [0, 0.1) is 5.92 Å². The molecule has 2 N–H and O–H groups in total. The van der Waals surface area contributed by atoms with E-state index in [-0.39, 0.29) is 5.91 Å². The molecule has 0 aromatic heterocycles. The number of hydrogen-bond donors (Lipinski definition) is 1. The molecule has 2 unspecified atom stereocenters. The van der Waals surface area contributed by atoms with Crippen molar-refractivity contribution in [3.8, 4) is 0 Å². The SMILES string of the molecule is CCCC(N)C(=O)N1CC(C)CN(C)c2ccccc21. The van der Waals surface area contributed by atoms with E-state index in [0.29, 0.717) is 5.92 Å². The van der Waals surface area contributed by atoms with Crippen LogP contribution in [0.25, 0.3) is 0 Å². The molecule has 0 aliphatic carbocycles. The van der Waals surface area contributed by atoms with E-state index >= 15 is 0 Å². The predicted molar refractivity (Wildman–Crippen MR) is 84.1 cm³/mol. The first-order chi connectivity index (χ1) is 9.54. The quantitative estimate of drug-likeness (QED) is 0.920. The Morgan fingerprint density at radius 2 is 2.00 bits per heavy atom. The van der Waals surface area contributed by atoms with Crippen LogP contribution in [0.15, 0.2) is 24.3 Å². The molecule has 2 atom stereocenters. The molecule has 0 radical (unpaired) electrons. The van der Waals surface area contributed by atoms with Crippen molar-refractivity contribution in [1.82, 2.24) is 0 Å². The van der Waals surface area contributed by atoms with Crippen molar-refractivity contribution >= 4 is 17.3 Å². The van der Waals surface area contributed by atoms with Crippen LogP contribution in [0.2, 0.25) is 0 Å². The van der Waals surface area contributed by atoms with Gasteiger partial charge in [-0.1, -0.05) is 32.4 Å². The van der Waals surface area contributed by atoms with E-state index in [1.165, 1.54) is 0 Å². The topological polar surface area (TPSA) is 49.6 Å². The Hall–Kier alpha value is -1.55. The highest BCUT2D eigenvalue weighted by atomic mass is 16.2. The maximum absolute atomic E-state index is 12.6. The zero-order valence-corrected chi connectivity index (χ0v) is 12.7. The van der Waals surface area contributed by atoms with Crippen LogP contribution in [-0.4, -0.2) is 32.1 Å². The summed E-state index contributed by atoms with van der Waals surface area (Å²) < 4.78 is 0. The first kappa shape index (κ1) is 14.9. The van der Waals surface area contributed by atoms with Gasteiger partial charge < -0.3 is 15.5 Å². The fourth-order valence-electron chi connectivity index (χ4n) is 2.89. The molecule has 4 heteroatoms. The van der Waals surface area contributed by atoms with Gasteiger partial charge in [0.25, 0.3) is 0 Å². The van der Waals surface area contributed by atoms with E-state index in [9.17, 15) is 4.79 Å². The van der Waals surface area contributed by atoms with Crippen molar-refractivity contribution in [2.75, 3.05) is 29.9 Å². The van der Waals surface area contributed by atoms with E-state index in [2.05, 4.69) is 31.9 Å². The summed E-state index contributed by atoms with van der Waals surface area (Å²) in [6.45, 7) is 5.91. The summed E-state index contributed by atoms with van der Waals surface area (Å²) in [5, 5.41) is 0. The molecule has 0 spiro atoms. The molecule has 2 rings (SSSR count). The van der Waals surface area contributed by atoms with Crippen molar-refractivity contribution in [2.45, 2.75) is 32.7 Å². The molecular formula is C16H25N3O. The van der Waals surface area contributed by atoms with Gasteiger partial charge in [0.1, 0.15) is 0 Å². The van der Waals surface area contributed by atoms with Crippen LogP contribution >= 0.6 is 0 Å². The number of para-hydroxylation sites is 2. The zero-order valence-electron chi connectivity index (χ0n) is 12.7. The summed E-state index contributed by atoms with van der Waals surface area (Å²) >= 11 is 0. The third-order valence-electron chi connectivity index (χ3n) is 3.85. The number of benzene rings is 1. The molecule has 0 saturated carbocycles. The maximum Gasteiger partial charge on any atom is 0.243 e. The summed E-state index contributed by atoms with van der Waals surface area (Å²) in [4.78, 5) is 16.7. The Morgan fingerprint density at radius 1 is 1.35 bits per heavy atom. The van der Waals surface area contributed by atoms with Gasteiger partial charge in [0.2, 0.25) is 5.91 Å². The normalized spacial score (nSPS) is 20.3. The van der Waals surface area contributed by atoms with Crippen LogP contribution in [0.5, 0.6) is 0 Å². The van der Waals surface area contributed by atoms with Crippen molar-refractivity contribution < 1.29 is 4.79 Å². The number of fused-ring (bicyclic) bond motifs is 1. The van der Waals surface area contributed by atoms with E-state index in [1.807, 2.05) is 23.1 Å². The highest BCUT2D eigenvalue weighted by Crippen LogP contribution is 2.32. The van der Waals surface area contributed by atoms with Gasteiger partial charge in [0.05, 0.1) is 17.4 Å². The minimum atomic E-state index is -0.399. The molecule has 110 valence electrons. The molecule has 1 aromatic carbocycles. The maximum atomic E-state index is 12.6. The highest BCUT2D eigenvalue weighted by Gasteiger charge is 2.28. The minimum Gasteiger partial charge on any atom is -0.373 e. The Kier molecular flexibility index (Phi) is 4.65. The summed E-state index contributed by atoms with van der Waals surface area (Å²) in [7, 11) is 2.08. The van der Waals surface area contributed by atoms with Gasteiger partial charge in [-0.05, 0) is 24.5 Å². The van der Waals surface area contributed by atoms with Gasteiger partial charge in [-0.15, -0.1) is 0 Å². The second kappa shape index (κ2) is 6.27. The van der Waals surface area contributed by atoms with Crippen LogP contribution in [0.3, 0.4) is 0 Å². The van der Waals surface area contributed by atoms with Crippen LogP contribution < -0.4 is 15.5 Å². The van der Waals surface area contributed by atoms with Crippen molar-refractivity contribution in [1.29, 1.82) is 0 Å². The molecule has 1 aliphatic rings. The molecule has 1 heterocycles. The number of rotatable bonds is 3. The monoisotopic (exact) mass is 275 g/mol. The van der Waals surface area contributed by atoms with E-state index in [0.717, 1.165) is 37.3 Å². The van der Waals surface area contributed by atoms with Crippen molar-refractivity contribution in [2.24, 2.45) is 11.7 Å². The van der Waals surface area contributed by atoms with Gasteiger partial charge in [-0.2, -0.15) is 0 Å². The number of carbonyl (C=O) groups excluding carboxylic acids is 1. The number of amides is 1. The number of nitrogens with zero attached hydrogens (tertiary/aromatic N) is 2. The van der Waals surface area contributed by atoms with Gasteiger partial charge in [0, 0.05) is 20.1 Å². The smallest absolute Gasteiger partial charge is 0.243 e. The largest absolute Gasteiger partial charge is 0.373 e. The fourth-order valence-corrected chi connectivity index (χ4v) is 2.89. The average molecular weight is 275 g/mol. The molecule has 1 aromatic rings. The van der Waals surface area contributed by atoms with Gasteiger partial charge in [0.15, 0.2) is 0 Å². The van der Waals surface area contributed by atoms with Gasteiger partial charge >= 0.3 is 0 Å². The molecule has 4 nitrogen and oxygen atoms in total. The highest BCUT2D eigenvalue weighted by molar-refractivity contribution is 6.00. The molecular weight excluding hydrogens is 250 g/mol. The summed E-state index contributed by atoms with van der Waals surface area (Å²) in [6.07, 6.45) is 1.67. The van der Waals surface area contributed by atoms with E-state index in [4.69, 9.17) is 5.73 Å². The van der Waals surface area contributed by atoms with Crippen molar-refractivity contribution in [3.05, 3.63) is 24.3 Å². The molecule has 0 saturated heterocycles. The first-order valence-electron chi connectivity index (χ1n) is 7.41. The minimum absolute atomic E-state index is 0.0430. The van der Waals surface area contributed by atoms with Gasteiger partial charge in [-0.3, -0.25) is 4.79 Å². The predicted octanol–water partition coefficient (Wildman–Crippen LogP) is 2.23. The lowest BCUT2D eigenvalue weighted by atomic mass is 10.1. The Labute approximate surface area is 121 Å². The van der Waals surface area contributed by atoms with E-state index < -0.39 is 6.04 Å². The van der Waals surface area contributed by atoms with Crippen LogP contribution in [0.1, 0.15) is 26.7 Å². The molecule has 1 amide bonds. The summed E-state index contributed by atoms with van der Waals surface area (Å²) in [5.74, 6) is 0.464. The Morgan fingerprint density at radius 3 is 2.65 bits per heavy atom. The lowest BCUT2D eigenvalue weighted by molar-refractivity contribution is -0.120. The van der Waals surface area contributed by atoms with Gasteiger partial charge in [-0.25, -0.2) is 0 Å². The zero-order chi connectivity index (χ0) is 14.7. The van der Waals surface area contributed by atoms with E-state index in [1.54, 1.807) is 0 Å². The number of carbonyl (C=O) groups is 1. The molecule has 20 heavy (non-hydrogen) atoms. The molecule has 0 bridgehead atoms. The number of hydrogen-bond acceptors (Lipinski definition) is 3. The molecule has 0 fully saturated rings. The standard InChI is InChI=1S/C16H25N3O/c1-4-7-13(17)16(20)19-11-12(2)10-18(3)14-8-5-6-9-15(14)19/h5-6,8-9,12-13H,4,7,10-11,17H2,1-3H3. The van der Waals surface area contributed by atoms with Crippen LogP contribution in [0.4, 0.5) is 11.4 Å². The fraction of sp³-hybridized carbons (Fsp3) is 0.562. The lowest BCUT2D eigenvalue weighted by Gasteiger charge is -2.27. The number of nitrogens with two attached hydrogens (primary N) is 1. The second-order valence-corrected chi connectivity index (χ2v) is 5.82. The summed E-state index contributed by atoms with van der Waals surface area (Å²) in [6, 6.07) is 7.68.